The topological polar surface area (TPSA) is 198 Å². The Kier molecular flexibility index (Phi) is 17.0. The summed E-state index contributed by atoms with van der Waals surface area (Å²) in [6.45, 7) is 22.3. The van der Waals surface area contributed by atoms with E-state index in [0.717, 1.165) is 75.3 Å². The maximum absolute atomic E-state index is 12.8. The third kappa shape index (κ3) is 13.8. The number of nitrogens with zero attached hydrogens (tertiary/aromatic N) is 7. The molecule has 5 N–H and O–H groups in total. The van der Waals surface area contributed by atoms with Gasteiger partial charge in [-0.1, -0.05) is 40.9 Å². The van der Waals surface area contributed by atoms with Crippen LogP contribution in [0.3, 0.4) is 0 Å². The standard InChI is InChI=1S/C25H30ClN5O3.C18H26ClN3O3.C6H7ClN2/c1-15-22(30-21-10-9-16(27-5)11-20(21)26)28-14-29-23(15)33-19-12-17-7-6-8-18(13-19)31(17)24(32)34-25(2,3)4;1-11-15(19)20-10-21-16(11)24-14-8-12-6-5-7-13(9-14)22(12)17(23)25-18(2,3)4;7-5-3-4(8)1-2-6(5)9/h9-11,14,17-19H,6-8,12-13H2,1-4H3,(H,28,29,30);10,12-14H,5-9H2,1-4H3;1-3H,8-9H2. The first-order valence-corrected chi connectivity index (χ1v) is 24.1. The van der Waals surface area contributed by atoms with Crippen LogP contribution in [0.1, 0.15) is 117 Å². The Bertz CT molecular complexity index is 2430. The predicted octanol–water partition coefficient (Wildman–Crippen LogP) is 12.1. The summed E-state index contributed by atoms with van der Waals surface area (Å²) < 4.78 is 23.8. The van der Waals surface area contributed by atoms with Gasteiger partial charge in [-0.3, -0.25) is 0 Å². The van der Waals surface area contributed by atoms with E-state index in [1.54, 1.807) is 36.4 Å². The molecule has 0 saturated carbocycles. The number of hydrogen-bond acceptors (Lipinski definition) is 13. The van der Waals surface area contributed by atoms with Crippen LogP contribution >= 0.6 is 34.8 Å². The number of rotatable bonds is 6. The normalized spacial score (nSPS) is 21.9. The highest BCUT2D eigenvalue weighted by molar-refractivity contribution is 6.34. The Morgan fingerprint density at radius 3 is 1.62 bits per heavy atom. The van der Waals surface area contributed by atoms with E-state index in [-0.39, 0.29) is 48.6 Å². The Morgan fingerprint density at radius 2 is 1.18 bits per heavy atom. The van der Waals surface area contributed by atoms with Gasteiger partial charge in [-0.05, 0) is 124 Å². The lowest BCUT2D eigenvalue weighted by Crippen LogP contribution is -2.57. The molecule has 2 amide bonds. The van der Waals surface area contributed by atoms with E-state index in [2.05, 4.69) is 30.1 Å². The van der Waals surface area contributed by atoms with Crippen LogP contribution in [-0.2, 0) is 9.47 Å². The Hall–Kier alpha value is -5.50. The third-order valence-corrected chi connectivity index (χ3v) is 13.0. The number of nitrogens with two attached hydrogens (primary N) is 2. The molecule has 2 aromatic carbocycles. The molecule has 0 spiro atoms. The van der Waals surface area contributed by atoms with Crippen molar-refractivity contribution >= 4 is 75.6 Å². The molecule has 0 radical (unpaired) electrons. The van der Waals surface area contributed by atoms with Gasteiger partial charge in [0.2, 0.25) is 11.8 Å². The highest BCUT2D eigenvalue weighted by atomic mass is 35.5. The molecule has 0 aliphatic carbocycles. The molecular weight excluding hydrogens is 931 g/mol. The number of halogens is 3. The van der Waals surface area contributed by atoms with Crippen LogP contribution in [0.5, 0.6) is 11.8 Å². The first-order chi connectivity index (χ1) is 32.1. The lowest BCUT2D eigenvalue weighted by atomic mass is 9.83. The second-order valence-corrected chi connectivity index (χ2v) is 20.8. The van der Waals surface area contributed by atoms with E-state index in [9.17, 15) is 9.59 Å². The molecule has 4 aromatic rings. The first-order valence-electron chi connectivity index (χ1n) is 23.0. The Balaban J connectivity index is 0.000000195. The molecule has 2 aromatic heterocycles. The molecule has 4 atom stereocenters. The lowest BCUT2D eigenvalue weighted by Gasteiger charge is -2.48. The van der Waals surface area contributed by atoms with E-state index in [1.165, 1.54) is 12.7 Å². The Labute approximate surface area is 414 Å². The summed E-state index contributed by atoms with van der Waals surface area (Å²) in [4.78, 5) is 49.6. The van der Waals surface area contributed by atoms with Crippen molar-refractivity contribution in [3.05, 3.63) is 86.8 Å². The second kappa shape index (κ2) is 22.3. The summed E-state index contributed by atoms with van der Waals surface area (Å²) >= 11 is 18.0. The molecule has 4 fully saturated rings. The number of hydrogen-bond donors (Lipinski definition) is 3. The van der Waals surface area contributed by atoms with Crippen LogP contribution < -0.4 is 26.3 Å². The average Bonchev–Trinajstić information content (AvgIpc) is 3.24. The number of amides is 2. The number of anilines is 4. The molecule has 4 unspecified atom stereocenters. The molecule has 8 rings (SSSR count). The number of piperidine rings is 4. The number of nitrogen functional groups attached to an aromatic ring is 2. The molecule has 4 aliphatic heterocycles. The van der Waals surface area contributed by atoms with Crippen LogP contribution in [-0.4, -0.2) is 89.5 Å². The molecule has 68 heavy (non-hydrogen) atoms. The number of fused-ring (bicyclic) bond motifs is 4. The summed E-state index contributed by atoms with van der Waals surface area (Å²) in [5, 5.41) is 4.58. The van der Waals surface area contributed by atoms with Crippen molar-refractivity contribution < 1.29 is 28.5 Å². The van der Waals surface area contributed by atoms with Crippen molar-refractivity contribution in [1.82, 2.24) is 29.7 Å². The highest BCUT2D eigenvalue weighted by Gasteiger charge is 2.45. The van der Waals surface area contributed by atoms with E-state index < -0.39 is 11.2 Å². The molecule has 6 heterocycles. The summed E-state index contributed by atoms with van der Waals surface area (Å²) in [5.41, 5.74) is 13.6. The fourth-order valence-corrected chi connectivity index (χ4v) is 9.49. The van der Waals surface area contributed by atoms with Gasteiger partial charge in [-0.15, -0.1) is 0 Å². The van der Waals surface area contributed by atoms with Crippen LogP contribution in [0, 0.1) is 20.4 Å². The van der Waals surface area contributed by atoms with Crippen LogP contribution in [0.2, 0.25) is 15.2 Å². The van der Waals surface area contributed by atoms with Gasteiger partial charge in [0.15, 0.2) is 5.69 Å². The van der Waals surface area contributed by atoms with Gasteiger partial charge in [0.25, 0.3) is 0 Å². The molecule has 4 aliphatic rings. The van der Waals surface area contributed by atoms with Crippen LogP contribution in [0.15, 0.2) is 49.1 Å². The zero-order chi connectivity index (χ0) is 49.5. The quantitative estimate of drug-likeness (QED) is 0.0938. The number of carbonyl (C=O) groups is 2. The number of ether oxygens (including phenoxy) is 4. The van der Waals surface area contributed by atoms with E-state index in [0.29, 0.717) is 55.5 Å². The third-order valence-electron chi connectivity index (χ3n) is 12.0. The molecular formula is C49H63Cl3N10O6. The number of nitrogens with one attached hydrogen (secondary N) is 1. The van der Waals surface area contributed by atoms with Crippen molar-refractivity contribution in [2.24, 2.45) is 0 Å². The fourth-order valence-electron chi connectivity index (χ4n) is 8.95. The van der Waals surface area contributed by atoms with E-state index >= 15 is 0 Å². The monoisotopic (exact) mass is 992 g/mol. The maximum atomic E-state index is 12.8. The molecule has 366 valence electrons. The van der Waals surface area contributed by atoms with Gasteiger partial charge in [0, 0.05) is 61.1 Å². The molecule has 16 nitrogen and oxygen atoms in total. The van der Waals surface area contributed by atoms with Crippen molar-refractivity contribution in [3.8, 4) is 11.8 Å². The minimum Gasteiger partial charge on any atom is -0.474 e. The highest BCUT2D eigenvalue weighted by Crippen LogP contribution is 2.40. The molecule has 4 saturated heterocycles. The van der Waals surface area contributed by atoms with Gasteiger partial charge >= 0.3 is 12.2 Å². The molecule has 4 bridgehead atoms. The van der Waals surface area contributed by atoms with Gasteiger partial charge in [-0.2, -0.15) is 0 Å². The largest absolute Gasteiger partial charge is 0.474 e. The lowest BCUT2D eigenvalue weighted by molar-refractivity contribution is -0.0423. The van der Waals surface area contributed by atoms with E-state index in [1.807, 2.05) is 65.2 Å². The minimum atomic E-state index is -0.514. The summed E-state index contributed by atoms with van der Waals surface area (Å²) in [6.07, 6.45) is 11.6. The van der Waals surface area contributed by atoms with Gasteiger partial charge in [-0.25, -0.2) is 34.4 Å². The predicted molar refractivity (Wildman–Crippen MR) is 266 cm³/mol. The number of carbonyl (C=O) groups excluding carboxylic acids is 2. The SMILES string of the molecule is Cc1c(Cl)ncnc1OC1CC2CCCC(C1)N2C(=O)OC(C)(C)C.Nc1ccc(N)c(Cl)c1.[C-]#[N+]c1ccc(Nc2ncnc(OC3CC4CCCC(C3)N4C(=O)OC(C)(C)C)c2C)c(Cl)c1. The van der Waals surface area contributed by atoms with Crippen molar-refractivity contribution in [2.45, 2.75) is 167 Å². The second-order valence-electron chi connectivity index (χ2n) is 19.6. The summed E-state index contributed by atoms with van der Waals surface area (Å²) in [7, 11) is 0. The van der Waals surface area contributed by atoms with E-state index in [4.69, 9.17) is 71.8 Å². The number of aromatic nitrogens is 4. The summed E-state index contributed by atoms with van der Waals surface area (Å²) in [5.74, 6) is 1.64. The maximum Gasteiger partial charge on any atom is 0.410 e. The van der Waals surface area contributed by atoms with Crippen LogP contribution in [0.25, 0.3) is 4.85 Å². The smallest absolute Gasteiger partial charge is 0.410 e. The van der Waals surface area contributed by atoms with Crippen molar-refractivity contribution in [2.75, 3.05) is 16.8 Å². The Morgan fingerprint density at radius 1 is 0.691 bits per heavy atom. The summed E-state index contributed by atoms with van der Waals surface area (Å²) in [6, 6.07) is 10.6. The van der Waals surface area contributed by atoms with Crippen LogP contribution in [0.4, 0.5) is 38.2 Å². The number of benzene rings is 2. The molecule has 19 heteroatoms. The van der Waals surface area contributed by atoms with Gasteiger partial charge in [0.05, 0.1) is 33.6 Å². The zero-order valence-electron chi connectivity index (χ0n) is 40.0. The zero-order valence-corrected chi connectivity index (χ0v) is 42.3. The van der Waals surface area contributed by atoms with Gasteiger partial charge in [0.1, 0.15) is 47.0 Å². The fraction of sp³-hybridized carbons (Fsp3) is 0.531. The van der Waals surface area contributed by atoms with Crippen molar-refractivity contribution in [3.63, 3.8) is 0 Å². The first kappa shape index (κ1) is 51.9. The average molecular weight is 994 g/mol. The van der Waals surface area contributed by atoms with Crippen molar-refractivity contribution in [1.29, 1.82) is 0 Å². The minimum absolute atomic E-state index is 0.0265. The van der Waals surface area contributed by atoms with Gasteiger partial charge < -0.3 is 45.5 Å².